The first kappa shape index (κ1) is 9.29. The Morgan fingerprint density at radius 3 is 3.00 bits per heavy atom. The van der Waals surface area contributed by atoms with Crippen molar-refractivity contribution < 1.29 is 4.74 Å². The summed E-state index contributed by atoms with van der Waals surface area (Å²) in [5.41, 5.74) is 6.87. The molecule has 1 atom stereocenters. The van der Waals surface area contributed by atoms with Crippen molar-refractivity contribution in [2.75, 3.05) is 6.61 Å². The molecule has 68 valence electrons. The van der Waals surface area contributed by atoms with Gasteiger partial charge >= 0.3 is 0 Å². The number of aromatic nitrogens is 1. The number of nitrogens with zero attached hydrogens (tertiary/aromatic N) is 1. The molecule has 1 heterocycles. The second kappa shape index (κ2) is 4.28. The summed E-state index contributed by atoms with van der Waals surface area (Å²) >= 11 is 0. The van der Waals surface area contributed by atoms with E-state index in [1.54, 1.807) is 0 Å². The molecule has 0 aliphatic rings. The van der Waals surface area contributed by atoms with Crippen LogP contribution in [0.25, 0.3) is 0 Å². The standard InChI is InChI=1S/C9H16N2O/c1-3-12-7-11-6-4-5-9(11)8(2)10/h4-6,8H,3,7,10H2,1-2H3. The van der Waals surface area contributed by atoms with Gasteiger partial charge in [0, 0.05) is 24.5 Å². The van der Waals surface area contributed by atoms with Gasteiger partial charge in [-0.3, -0.25) is 0 Å². The van der Waals surface area contributed by atoms with Gasteiger partial charge in [0.2, 0.25) is 0 Å². The summed E-state index contributed by atoms with van der Waals surface area (Å²) in [6.45, 7) is 5.28. The van der Waals surface area contributed by atoms with Crippen LogP contribution in [-0.4, -0.2) is 11.2 Å². The van der Waals surface area contributed by atoms with Crippen LogP contribution in [0.1, 0.15) is 25.6 Å². The molecule has 0 fully saturated rings. The Bertz CT molecular complexity index is 230. The average molecular weight is 168 g/mol. The maximum atomic E-state index is 5.75. The molecule has 12 heavy (non-hydrogen) atoms. The van der Waals surface area contributed by atoms with Crippen molar-refractivity contribution in [1.82, 2.24) is 4.57 Å². The van der Waals surface area contributed by atoms with Crippen molar-refractivity contribution >= 4 is 0 Å². The van der Waals surface area contributed by atoms with Crippen LogP contribution < -0.4 is 5.73 Å². The maximum Gasteiger partial charge on any atom is 0.122 e. The van der Waals surface area contributed by atoms with Crippen molar-refractivity contribution in [2.45, 2.75) is 26.6 Å². The van der Waals surface area contributed by atoms with Gasteiger partial charge in [0.15, 0.2) is 0 Å². The molecule has 1 aromatic heterocycles. The zero-order valence-corrected chi connectivity index (χ0v) is 7.66. The van der Waals surface area contributed by atoms with E-state index in [-0.39, 0.29) is 6.04 Å². The number of ether oxygens (including phenoxy) is 1. The molecule has 0 radical (unpaired) electrons. The van der Waals surface area contributed by atoms with Gasteiger partial charge in [-0.05, 0) is 26.0 Å². The van der Waals surface area contributed by atoms with Gasteiger partial charge in [0.25, 0.3) is 0 Å². The highest BCUT2D eigenvalue weighted by molar-refractivity contribution is 5.10. The van der Waals surface area contributed by atoms with Gasteiger partial charge < -0.3 is 15.0 Å². The molecule has 1 rings (SSSR count). The normalized spacial score (nSPS) is 13.2. The third-order valence-electron chi connectivity index (χ3n) is 1.77. The lowest BCUT2D eigenvalue weighted by atomic mass is 10.2. The summed E-state index contributed by atoms with van der Waals surface area (Å²) in [5.74, 6) is 0. The summed E-state index contributed by atoms with van der Waals surface area (Å²) in [6.07, 6.45) is 1.98. The zero-order chi connectivity index (χ0) is 8.97. The molecule has 0 amide bonds. The molecule has 0 saturated carbocycles. The van der Waals surface area contributed by atoms with Gasteiger partial charge in [-0.1, -0.05) is 0 Å². The predicted molar refractivity (Wildman–Crippen MR) is 48.7 cm³/mol. The summed E-state index contributed by atoms with van der Waals surface area (Å²) in [4.78, 5) is 0. The average Bonchev–Trinajstić information content (AvgIpc) is 2.48. The van der Waals surface area contributed by atoms with Crippen LogP contribution in [0.3, 0.4) is 0 Å². The number of hydrogen-bond donors (Lipinski definition) is 1. The van der Waals surface area contributed by atoms with Crippen molar-refractivity contribution in [2.24, 2.45) is 5.73 Å². The molecule has 0 aliphatic carbocycles. The van der Waals surface area contributed by atoms with Crippen LogP contribution in [0.5, 0.6) is 0 Å². The first-order valence-corrected chi connectivity index (χ1v) is 4.24. The lowest BCUT2D eigenvalue weighted by Crippen LogP contribution is -2.13. The summed E-state index contributed by atoms with van der Waals surface area (Å²) in [7, 11) is 0. The van der Waals surface area contributed by atoms with Crippen molar-refractivity contribution in [3.05, 3.63) is 24.0 Å². The summed E-state index contributed by atoms with van der Waals surface area (Å²) in [6, 6.07) is 4.07. The monoisotopic (exact) mass is 168 g/mol. The Morgan fingerprint density at radius 1 is 1.67 bits per heavy atom. The van der Waals surface area contributed by atoms with E-state index in [4.69, 9.17) is 10.5 Å². The molecular weight excluding hydrogens is 152 g/mol. The quantitative estimate of drug-likeness (QED) is 0.740. The fraction of sp³-hybridized carbons (Fsp3) is 0.556. The molecule has 0 spiro atoms. The Morgan fingerprint density at radius 2 is 2.42 bits per heavy atom. The first-order chi connectivity index (χ1) is 5.75. The van der Waals surface area contributed by atoms with E-state index in [2.05, 4.69) is 0 Å². The Kier molecular flexibility index (Phi) is 3.31. The largest absolute Gasteiger partial charge is 0.361 e. The minimum Gasteiger partial charge on any atom is -0.361 e. The topological polar surface area (TPSA) is 40.2 Å². The summed E-state index contributed by atoms with van der Waals surface area (Å²) in [5, 5.41) is 0. The van der Waals surface area contributed by atoms with Gasteiger partial charge in [-0.25, -0.2) is 0 Å². The highest BCUT2D eigenvalue weighted by Crippen LogP contribution is 2.10. The van der Waals surface area contributed by atoms with Gasteiger partial charge in [-0.2, -0.15) is 0 Å². The van der Waals surface area contributed by atoms with E-state index in [9.17, 15) is 0 Å². The second-order valence-corrected chi connectivity index (χ2v) is 2.81. The van der Waals surface area contributed by atoms with E-state index in [1.807, 2.05) is 36.7 Å². The molecule has 1 unspecified atom stereocenters. The third kappa shape index (κ3) is 2.09. The highest BCUT2D eigenvalue weighted by Gasteiger charge is 2.03. The van der Waals surface area contributed by atoms with Crippen LogP contribution >= 0.6 is 0 Å². The number of nitrogens with two attached hydrogens (primary N) is 1. The number of hydrogen-bond acceptors (Lipinski definition) is 2. The van der Waals surface area contributed by atoms with E-state index >= 15 is 0 Å². The van der Waals surface area contributed by atoms with Gasteiger partial charge in [0.05, 0.1) is 0 Å². The van der Waals surface area contributed by atoms with Crippen LogP contribution in [0.15, 0.2) is 18.3 Å². The molecule has 0 bridgehead atoms. The molecule has 1 aromatic rings. The smallest absolute Gasteiger partial charge is 0.122 e. The highest BCUT2D eigenvalue weighted by atomic mass is 16.5. The molecule has 3 heteroatoms. The minimum atomic E-state index is 0.0699. The van der Waals surface area contributed by atoms with Crippen LogP contribution in [0.2, 0.25) is 0 Å². The molecule has 3 nitrogen and oxygen atoms in total. The zero-order valence-electron chi connectivity index (χ0n) is 7.66. The Balaban J connectivity index is 2.64. The molecule has 0 aromatic carbocycles. The second-order valence-electron chi connectivity index (χ2n) is 2.81. The Labute approximate surface area is 73.1 Å². The fourth-order valence-electron chi connectivity index (χ4n) is 1.15. The SMILES string of the molecule is CCOCn1cccc1C(C)N. The predicted octanol–water partition coefficient (Wildman–Crippen LogP) is 1.50. The molecule has 0 saturated heterocycles. The van der Waals surface area contributed by atoms with Gasteiger partial charge in [0.1, 0.15) is 6.73 Å². The van der Waals surface area contributed by atoms with E-state index < -0.39 is 0 Å². The van der Waals surface area contributed by atoms with E-state index in [0.717, 1.165) is 12.3 Å². The van der Waals surface area contributed by atoms with Crippen molar-refractivity contribution in [1.29, 1.82) is 0 Å². The Hall–Kier alpha value is -0.800. The maximum absolute atomic E-state index is 5.75. The minimum absolute atomic E-state index is 0.0699. The number of rotatable bonds is 4. The van der Waals surface area contributed by atoms with Crippen LogP contribution in [-0.2, 0) is 11.5 Å². The van der Waals surface area contributed by atoms with E-state index in [0.29, 0.717) is 6.73 Å². The van der Waals surface area contributed by atoms with Crippen molar-refractivity contribution in [3.8, 4) is 0 Å². The van der Waals surface area contributed by atoms with Crippen LogP contribution in [0, 0.1) is 0 Å². The summed E-state index contributed by atoms with van der Waals surface area (Å²) < 4.78 is 7.30. The van der Waals surface area contributed by atoms with Gasteiger partial charge in [-0.15, -0.1) is 0 Å². The van der Waals surface area contributed by atoms with E-state index in [1.165, 1.54) is 0 Å². The third-order valence-corrected chi connectivity index (χ3v) is 1.77. The molecule has 0 aliphatic heterocycles. The van der Waals surface area contributed by atoms with Crippen molar-refractivity contribution in [3.63, 3.8) is 0 Å². The fourth-order valence-corrected chi connectivity index (χ4v) is 1.15. The lowest BCUT2D eigenvalue weighted by Gasteiger charge is -2.11. The lowest BCUT2D eigenvalue weighted by molar-refractivity contribution is 0.0856. The molecule has 2 N–H and O–H groups in total. The first-order valence-electron chi connectivity index (χ1n) is 4.24. The van der Waals surface area contributed by atoms with Crippen LogP contribution in [0.4, 0.5) is 0 Å². The molecular formula is C9H16N2O.